The largest absolute Gasteiger partial charge is 0.497 e. The molecule has 31 heavy (non-hydrogen) atoms. The van der Waals surface area contributed by atoms with E-state index in [1.807, 2.05) is 50.2 Å². The predicted molar refractivity (Wildman–Crippen MR) is 121 cm³/mol. The summed E-state index contributed by atoms with van der Waals surface area (Å²) in [5, 5.41) is 9.71. The molecule has 1 aliphatic heterocycles. The highest BCUT2D eigenvalue weighted by Crippen LogP contribution is 2.36. The number of benzene rings is 2. The lowest BCUT2D eigenvalue weighted by molar-refractivity contribution is 0.0813. The van der Waals surface area contributed by atoms with Gasteiger partial charge >= 0.3 is 0 Å². The van der Waals surface area contributed by atoms with Gasteiger partial charge < -0.3 is 19.5 Å². The zero-order valence-electron chi connectivity index (χ0n) is 18.8. The summed E-state index contributed by atoms with van der Waals surface area (Å²) in [7, 11) is 1.71. The van der Waals surface area contributed by atoms with Crippen molar-refractivity contribution in [1.82, 2.24) is 9.21 Å². The van der Waals surface area contributed by atoms with Crippen LogP contribution in [0.5, 0.6) is 11.5 Å². The third-order valence-corrected chi connectivity index (χ3v) is 7.66. The van der Waals surface area contributed by atoms with Gasteiger partial charge in [0.25, 0.3) is 0 Å². The average molecular weight is 449 g/mol. The van der Waals surface area contributed by atoms with Crippen molar-refractivity contribution in [2.45, 2.75) is 30.9 Å². The molecule has 0 amide bonds. The number of sulfonamides is 1. The number of rotatable bonds is 6. The molecule has 1 aliphatic rings. The van der Waals surface area contributed by atoms with E-state index in [4.69, 9.17) is 9.47 Å². The maximum absolute atomic E-state index is 13.5. The Bertz CT molecular complexity index is 992. The highest BCUT2D eigenvalue weighted by molar-refractivity contribution is 7.89. The van der Waals surface area contributed by atoms with E-state index in [1.165, 1.54) is 4.31 Å². The third-order valence-electron chi connectivity index (χ3n) is 5.64. The quantitative estimate of drug-likeness (QED) is 0.732. The number of nitrogens with zero attached hydrogens (tertiary/aromatic N) is 2. The first-order valence-electron chi connectivity index (χ1n) is 10.4. The molecule has 1 N–H and O–H groups in total. The second-order valence-corrected chi connectivity index (χ2v) is 10.3. The van der Waals surface area contributed by atoms with E-state index in [9.17, 15) is 13.5 Å². The summed E-state index contributed by atoms with van der Waals surface area (Å²) in [6.45, 7) is 4.39. The zero-order chi connectivity index (χ0) is 22.8. The standard InChI is InChI=1S/C23H32N2O5S/c1-16-13-25(17(2)15-26)31(27,28)23-11-8-19(18-6-9-20(29-5)10-7-18)12-21(23)30-22(16)14-24(3)4/h6-12,16-17,22,26H,13-15H2,1-5H3/t16-,17-,22+/m0/s1. The average Bonchev–Trinajstić information content (AvgIpc) is 2.75. The number of hydrogen-bond acceptors (Lipinski definition) is 6. The van der Waals surface area contributed by atoms with Gasteiger partial charge in [-0.15, -0.1) is 0 Å². The molecule has 0 radical (unpaired) electrons. The van der Waals surface area contributed by atoms with Crippen LogP contribution in [0.2, 0.25) is 0 Å². The number of methoxy groups -OCH3 is 1. The second kappa shape index (κ2) is 9.56. The Hall–Kier alpha value is -2.13. The van der Waals surface area contributed by atoms with E-state index < -0.39 is 16.1 Å². The van der Waals surface area contributed by atoms with E-state index in [2.05, 4.69) is 0 Å². The van der Waals surface area contributed by atoms with Crippen LogP contribution in [0.3, 0.4) is 0 Å². The summed E-state index contributed by atoms with van der Waals surface area (Å²) in [6.07, 6.45) is -0.205. The highest BCUT2D eigenvalue weighted by atomic mass is 32.2. The Kier molecular flexibility index (Phi) is 7.26. The lowest BCUT2D eigenvalue weighted by Gasteiger charge is -2.37. The Labute approximate surface area is 185 Å². The van der Waals surface area contributed by atoms with Gasteiger partial charge in [0.2, 0.25) is 10.0 Å². The van der Waals surface area contributed by atoms with Crippen LogP contribution in [0, 0.1) is 5.92 Å². The van der Waals surface area contributed by atoms with Gasteiger partial charge in [-0.05, 0) is 56.4 Å². The topological polar surface area (TPSA) is 79.3 Å². The minimum absolute atomic E-state index is 0.0658. The molecular weight excluding hydrogens is 416 g/mol. The van der Waals surface area contributed by atoms with Gasteiger partial charge in [-0.1, -0.05) is 25.1 Å². The van der Waals surface area contributed by atoms with Gasteiger partial charge in [-0.2, -0.15) is 4.31 Å². The van der Waals surface area contributed by atoms with Crippen molar-refractivity contribution in [3.8, 4) is 22.6 Å². The lowest BCUT2D eigenvalue weighted by Crippen LogP contribution is -2.49. The van der Waals surface area contributed by atoms with Crippen molar-refractivity contribution in [1.29, 1.82) is 0 Å². The van der Waals surface area contributed by atoms with Crippen LogP contribution in [-0.4, -0.2) is 75.8 Å². The molecule has 3 atom stereocenters. The second-order valence-electron chi connectivity index (χ2n) is 8.39. The Morgan fingerprint density at radius 2 is 1.84 bits per heavy atom. The van der Waals surface area contributed by atoms with Crippen LogP contribution in [-0.2, 0) is 10.0 Å². The molecule has 8 heteroatoms. The highest BCUT2D eigenvalue weighted by Gasteiger charge is 2.37. The normalized spacial score (nSPS) is 22.2. The predicted octanol–water partition coefficient (Wildman–Crippen LogP) is 2.69. The monoisotopic (exact) mass is 448 g/mol. The number of fused-ring (bicyclic) bond motifs is 1. The molecule has 0 unspecified atom stereocenters. The minimum Gasteiger partial charge on any atom is -0.497 e. The molecule has 0 saturated carbocycles. The van der Waals surface area contributed by atoms with Gasteiger partial charge in [-0.25, -0.2) is 8.42 Å². The van der Waals surface area contributed by atoms with Gasteiger partial charge in [-0.3, -0.25) is 0 Å². The number of hydrogen-bond donors (Lipinski definition) is 1. The summed E-state index contributed by atoms with van der Waals surface area (Å²) in [5.41, 5.74) is 1.79. The Morgan fingerprint density at radius 3 is 2.42 bits per heavy atom. The van der Waals surface area contributed by atoms with Gasteiger partial charge in [0, 0.05) is 25.0 Å². The van der Waals surface area contributed by atoms with Crippen molar-refractivity contribution in [2.24, 2.45) is 5.92 Å². The van der Waals surface area contributed by atoms with Crippen molar-refractivity contribution in [3.63, 3.8) is 0 Å². The molecular formula is C23H32N2O5S. The SMILES string of the molecule is COc1ccc(-c2ccc3c(c2)O[C@H](CN(C)C)[C@@H](C)CN([C@@H](C)CO)S3(=O)=O)cc1. The first-order valence-corrected chi connectivity index (χ1v) is 11.8. The molecule has 0 aromatic heterocycles. The van der Waals surface area contributed by atoms with Gasteiger partial charge in [0.15, 0.2) is 0 Å². The first kappa shape index (κ1) is 23.5. The molecule has 0 saturated heterocycles. The van der Waals surface area contributed by atoms with E-state index in [1.54, 1.807) is 32.2 Å². The molecule has 170 valence electrons. The fourth-order valence-corrected chi connectivity index (χ4v) is 5.59. The van der Waals surface area contributed by atoms with Crippen LogP contribution in [0.4, 0.5) is 0 Å². The lowest BCUT2D eigenvalue weighted by atomic mass is 10.0. The number of aliphatic hydroxyl groups is 1. The molecule has 1 heterocycles. The van der Waals surface area contributed by atoms with Crippen molar-refractivity contribution < 1.29 is 23.0 Å². The molecule has 0 fully saturated rings. The number of likely N-dealkylation sites (N-methyl/N-ethyl adjacent to an activating group) is 1. The summed E-state index contributed by atoms with van der Waals surface area (Å²) in [6, 6.07) is 12.2. The maximum atomic E-state index is 13.5. The fraction of sp³-hybridized carbons (Fsp3) is 0.478. The summed E-state index contributed by atoms with van der Waals surface area (Å²) in [5.74, 6) is 1.02. The van der Waals surface area contributed by atoms with Crippen molar-refractivity contribution in [2.75, 3.05) is 40.9 Å². The number of aliphatic hydroxyl groups excluding tert-OH is 1. The van der Waals surface area contributed by atoms with Gasteiger partial charge in [0.1, 0.15) is 22.5 Å². The first-order chi connectivity index (χ1) is 14.7. The molecule has 7 nitrogen and oxygen atoms in total. The fourth-order valence-electron chi connectivity index (χ4n) is 3.77. The smallest absolute Gasteiger partial charge is 0.247 e. The number of ether oxygens (including phenoxy) is 2. The van der Waals surface area contributed by atoms with Crippen LogP contribution in [0.1, 0.15) is 13.8 Å². The summed E-state index contributed by atoms with van der Waals surface area (Å²) >= 11 is 0. The Balaban J connectivity index is 2.12. The Morgan fingerprint density at radius 1 is 1.19 bits per heavy atom. The molecule has 3 rings (SSSR count). The van der Waals surface area contributed by atoms with E-state index in [0.29, 0.717) is 12.3 Å². The molecule has 2 aromatic rings. The van der Waals surface area contributed by atoms with Crippen LogP contribution in [0.15, 0.2) is 47.4 Å². The van der Waals surface area contributed by atoms with Crippen LogP contribution < -0.4 is 9.47 Å². The zero-order valence-corrected chi connectivity index (χ0v) is 19.6. The minimum atomic E-state index is -3.83. The molecule has 0 spiro atoms. The molecule has 2 aromatic carbocycles. The van der Waals surface area contributed by atoms with Crippen LogP contribution in [0.25, 0.3) is 11.1 Å². The van der Waals surface area contributed by atoms with E-state index in [0.717, 1.165) is 16.9 Å². The van der Waals surface area contributed by atoms with E-state index in [-0.39, 0.29) is 30.1 Å². The van der Waals surface area contributed by atoms with E-state index >= 15 is 0 Å². The summed E-state index contributed by atoms with van der Waals surface area (Å²) < 4.78 is 39.9. The molecule has 0 bridgehead atoms. The van der Waals surface area contributed by atoms with Gasteiger partial charge in [0.05, 0.1) is 13.7 Å². The maximum Gasteiger partial charge on any atom is 0.247 e. The van der Waals surface area contributed by atoms with Crippen molar-refractivity contribution >= 4 is 10.0 Å². The summed E-state index contributed by atoms with van der Waals surface area (Å²) in [4.78, 5) is 2.16. The molecule has 0 aliphatic carbocycles. The van der Waals surface area contributed by atoms with Crippen molar-refractivity contribution in [3.05, 3.63) is 42.5 Å². The van der Waals surface area contributed by atoms with Crippen LogP contribution >= 0.6 is 0 Å². The third kappa shape index (κ3) is 5.03.